The van der Waals surface area contributed by atoms with Gasteiger partial charge >= 0.3 is 23.9 Å². The van der Waals surface area contributed by atoms with Crippen LogP contribution >= 0.6 is 0 Å². The van der Waals surface area contributed by atoms with Crippen LogP contribution in [-0.4, -0.2) is 54.1 Å². The average Bonchev–Trinajstić information content (AvgIpc) is 2.76. The van der Waals surface area contributed by atoms with Gasteiger partial charge in [-0.05, 0) is 31.1 Å². The molecule has 5 fully saturated rings. The van der Waals surface area contributed by atoms with Crippen LogP contribution in [0.2, 0.25) is 0 Å². The lowest BCUT2D eigenvalue weighted by atomic mass is 9.28. The fourth-order valence-corrected chi connectivity index (χ4v) is 9.20. The average molecular weight is 503 g/mol. The zero-order valence-electron chi connectivity index (χ0n) is 21.5. The highest BCUT2D eigenvalue weighted by Crippen LogP contribution is 2.80. The summed E-state index contributed by atoms with van der Waals surface area (Å²) >= 11 is 0. The Hall–Kier alpha value is -2.71. The molecule has 4 saturated carbocycles. The summed E-state index contributed by atoms with van der Waals surface area (Å²) in [6.45, 7) is 12.0. The summed E-state index contributed by atoms with van der Waals surface area (Å²) in [5.41, 5.74) is -1.60. The SMILES string of the molecule is C=C1C[C@@]23[C@@H]4CCC(=O)[C@@]12CC(=O)O[C@@H]3C[C@H]1[C@H](C)[C@@H](OC(C)=O)[C@@H](OC(C)=O)[C@H](OC(C)=O)[C@]41C. The van der Waals surface area contributed by atoms with Gasteiger partial charge in [-0.15, -0.1) is 0 Å². The number of ether oxygens (including phenoxy) is 4. The zero-order chi connectivity index (χ0) is 26.4. The Kier molecular flexibility index (Phi) is 5.47. The van der Waals surface area contributed by atoms with E-state index in [0.29, 0.717) is 19.3 Å². The predicted octanol–water partition coefficient (Wildman–Crippen LogP) is 2.68. The molecule has 9 heteroatoms. The van der Waals surface area contributed by atoms with E-state index in [1.807, 2.05) is 13.8 Å². The maximum absolute atomic E-state index is 13.5. The number of allylic oxidation sites excluding steroid dienone is 1. The van der Waals surface area contributed by atoms with E-state index in [4.69, 9.17) is 18.9 Å². The van der Waals surface area contributed by atoms with E-state index in [9.17, 15) is 24.0 Å². The van der Waals surface area contributed by atoms with E-state index < -0.39 is 64.5 Å². The molecule has 0 aromatic heterocycles. The van der Waals surface area contributed by atoms with Crippen LogP contribution in [0.25, 0.3) is 0 Å². The number of ketones is 1. The fourth-order valence-electron chi connectivity index (χ4n) is 9.20. The molecule has 0 aromatic carbocycles. The minimum atomic E-state index is -1.01. The molecule has 4 aliphatic carbocycles. The first kappa shape index (κ1) is 25.0. The summed E-state index contributed by atoms with van der Waals surface area (Å²) in [5.74, 6) is -2.71. The van der Waals surface area contributed by atoms with Crippen molar-refractivity contribution in [3.8, 4) is 0 Å². The Morgan fingerprint density at radius 2 is 1.58 bits per heavy atom. The molecule has 10 atom stereocenters. The second-order valence-electron chi connectivity index (χ2n) is 11.6. The predicted molar refractivity (Wildman–Crippen MR) is 123 cm³/mol. The summed E-state index contributed by atoms with van der Waals surface area (Å²) < 4.78 is 23.4. The van der Waals surface area contributed by atoms with Crippen LogP contribution in [0, 0.1) is 34.0 Å². The number of rotatable bonds is 3. The Morgan fingerprint density at radius 1 is 0.972 bits per heavy atom. The van der Waals surface area contributed by atoms with Crippen molar-refractivity contribution in [2.45, 2.75) is 91.1 Å². The van der Waals surface area contributed by atoms with Crippen molar-refractivity contribution in [1.29, 1.82) is 0 Å². The van der Waals surface area contributed by atoms with E-state index in [1.165, 1.54) is 20.8 Å². The molecular formula is C27H34O9. The lowest BCUT2D eigenvalue weighted by Crippen LogP contribution is -2.80. The lowest BCUT2D eigenvalue weighted by molar-refractivity contribution is -0.314. The maximum atomic E-state index is 13.5. The fraction of sp³-hybridized carbons (Fsp3) is 0.741. The third-order valence-corrected chi connectivity index (χ3v) is 10.2. The number of hydrogen-bond donors (Lipinski definition) is 0. The van der Waals surface area contributed by atoms with Crippen molar-refractivity contribution in [3.63, 3.8) is 0 Å². The van der Waals surface area contributed by atoms with Crippen LogP contribution in [-0.2, 0) is 42.9 Å². The highest BCUT2D eigenvalue weighted by molar-refractivity contribution is 5.97. The first-order valence-corrected chi connectivity index (χ1v) is 12.7. The summed E-state index contributed by atoms with van der Waals surface area (Å²) in [6.07, 6.45) is -1.52. The standard InChI is InChI=1S/C27H34O9/c1-12-10-27-18-7-8-19(31)26(12,27)11-21(32)36-20(27)9-17-13(2)22(33-14(3)28)23(34-15(4)29)24(25(17,18)6)35-16(5)30/h13,17-18,20,22-24H,1,7-11H2,2-6H3/t13-,17-,18+,20+,22+,23+,24-,25-,26+,27-/m0/s1. The van der Waals surface area contributed by atoms with Gasteiger partial charge in [0.15, 0.2) is 6.10 Å². The Balaban J connectivity index is 1.70. The van der Waals surface area contributed by atoms with E-state index in [2.05, 4.69) is 6.58 Å². The maximum Gasteiger partial charge on any atom is 0.307 e. The van der Waals surface area contributed by atoms with Crippen LogP contribution in [0.1, 0.15) is 66.7 Å². The summed E-state index contributed by atoms with van der Waals surface area (Å²) in [5, 5.41) is 0. The largest absolute Gasteiger partial charge is 0.462 e. The topological polar surface area (TPSA) is 122 Å². The molecule has 5 rings (SSSR count). The van der Waals surface area contributed by atoms with Gasteiger partial charge in [-0.1, -0.05) is 26.0 Å². The summed E-state index contributed by atoms with van der Waals surface area (Å²) in [4.78, 5) is 63.0. The molecule has 0 unspecified atom stereocenters. The smallest absolute Gasteiger partial charge is 0.307 e. The van der Waals surface area contributed by atoms with Gasteiger partial charge in [0.05, 0.1) is 11.8 Å². The quantitative estimate of drug-likeness (QED) is 0.326. The van der Waals surface area contributed by atoms with Crippen molar-refractivity contribution in [3.05, 3.63) is 12.2 Å². The summed E-state index contributed by atoms with van der Waals surface area (Å²) in [7, 11) is 0. The van der Waals surface area contributed by atoms with Crippen molar-refractivity contribution in [1.82, 2.24) is 0 Å². The molecule has 196 valence electrons. The number of carbonyl (C=O) groups is 5. The van der Waals surface area contributed by atoms with Crippen molar-refractivity contribution in [2.75, 3.05) is 0 Å². The third-order valence-electron chi connectivity index (χ3n) is 10.2. The van der Waals surface area contributed by atoms with E-state index in [-0.39, 0.29) is 36.4 Å². The van der Waals surface area contributed by atoms with Crippen LogP contribution in [0.4, 0.5) is 0 Å². The van der Waals surface area contributed by atoms with Gasteiger partial charge in [0.25, 0.3) is 0 Å². The number of Topliss-reactive ketones (excluding diaryl/α,β-unsaturated/α-hetero) is 1. The highest BCUT2D eigenvalue weighted by atomic mass is 16.6. The molecule has 36 heavy (non-hydrogen) atoms. The number of esters is 4. The van der Waals surface area contributed by atoms with Gasteiger partial charge in [0.2, 0.25) is 0 Å². The molecule has 5 aliphatic rings. The third kappa shape index (κ3) is 2.91. The van der Waals surface area contributed by atoms with Crippen molar-refractivity contribution < 1.29 is 42.9 Å². The highest BCUT2D eigenvalue weighted by Gasteiger charge is 2.82. The van der Waals surface area contributed by atoms with Gasteiger partial charge in [0, 0.05) is 43.9 Å². The minimum Gasteiger partial charge on any atom is -0.462 e. The minimum absolute atomic E-state index is 0.0182. The van der Waals surface area contributed by atoms with E-state index in [1.54, 1.807) is 0 Å². The van der Waals surface area contributed by atoms with E-state index in [0.717, 1.165) is 5.57 Å². The van der Waals surface area contributed by atoms with Crippen LogP contribution in [0.15, 0.2) is 12.2 Å². The Morgan fingerprint density at radius 3 is 2.17 bits per heavy atom. The first-order valence-electron chi connectivity index (χ1n) is 12.7. The molecule has 1 aliphatic heterocycles. The first-order chi connectivity index (χ1) is 16.8. The molecule has 0 N–H and O–H groups in total. The van der Waals surface area contributed by atoms with Gasteiger partial charge in [-0.25, -0.2) is 0 Å². The molecule has 0 radical (unpaired) electrons. The van der Waals surface area contributed by atoms with Gasteiger partial charge in [0.1, 0.15) is 24.1 Å². The number of carbonyl (C=O) groups excluding carboxylic acids is 5. The van der Waals surface area contributed by atoms with Crippen molar-refractivity contribution in [2.24, 2.45) is 34.0 Å². The molecular weight excluding hydrogens is 468 g/mol. The van der Waals surface area contributed by atoms with Gasteiger partial charge < -0.3 is 18.9 Å². The van der Waals surface area contributed by atoms with Crippen LogP contribution in [0.5, 0.6) is 0 Å². The van der Waals surface area contributed by atoms with Crippen LogP contribution < -0.4 is 0 Å². The monoisotopic (exact) mass is 502 g/mol. The molecule has 1 saturated heterocycles. The van der Waals surface area contributed by atoms with E-state index >= 15 is 0 Å². The molecule has 0 bridgehead atoms. The molecule has 0 amide bonds. The number of fused-ring (bicyclic) bond motifs is 2. The second kappa shape index (κ2) is 7.89. The second-order valence-corrected chi connectivity index (χ2v) is 11.6. The summed E-state index contributed by atoms with van der Waals surface area (Å²) in [6, 6.07) is 0. The zero-order valence-corrected chi connectivity index (χ0v) is 21.5. The Labute approximate surface area is 210 Å². The van der Waals surface area contributed by atoms with Gasteiger partial charge in [-0.2, -0.15) is 0 Å². The van der Waals surface area contributed by atoms with Crippen molar-refractivity contribution >= 4 is 29.7 Å². The Bertz CT molecular complexity index is 1080. The van der Waals surface area contributed by atoms with Crippen LogP contribution in [0.3, 0.4) is 0 Å². The van der Waals surface area contributed by atoms with Gasteiger partial charge in [-0.3, -0.25) is 24.0 Å². The molecule has 9 nitrogen and oxygen atoms in total. The lowest BCUT2D eigenvalue weighted by Gasteiger charge is -2.76. The molecule has 0 aromatic rings. The molecule has 1 heterocycles. The molecule has 1 spiro atoms. The number of hydrogen-bond acceptors (Lipinski definition) is 9. The normalized spacial score (nSPS) is 46.7.